The molecule has 0 aliphatic rings. The lowest BCUT2D eigenvalue weighted by atomic mass is 10.3. The highest BCUT2D eigenvalue weighted by molar-refractivity contribution is 5.09. The van der Waals surface area contributed by atoms with E-state index in [-0.39, 0.29) is 0 Å². The Kier molecular flexibility index (Phi) is 4.56. The standard InChI is InChI=1S/C12H21N3/c1-5-15-12(8-11(4)14-15)9-13-7-6-10(2)3/h6,8,13H,5,7,9H2,1-4H3. The van der Waals surface area contributed by atoms with E-state index in [2.05, 4.69) is 43.3 Å². The largest absolute Gasteiger partial charge is 0.308 e. The molecule has 0 amide bonds. The van der Waals surface area contributed by atoms with Crippen molar-refractivity contribution in [3.05, 3.63) is 29.1 Å². The van der Waals surface area contributed by atoms with Gasteiger partial charge in [-0.25, -0.2) is 0 Å². The number of hydrogen-bond acceptors (Lipinski definition) is 2. The van der Waals surface area contributed by atoms with Gasteiger partial charge in [0, 0.05) is 19.6 Å². The predicted octanol–water partition coefficient (Wildman–Crippen LogP) is 2.27. The number of rotatable bonds is 5. The number of nitrogens with one attached hydrogen (secondary N) is 1. The van der Waals surface area contributed by atoms with Crippen LogP contribution < -0.4 is 5.32 Å². The Morgan fingerprint density at radius 3 is 2.87 bits per heavy atom. The highest BCUT2D eigenvalue weighted by Gasteiger charge is 2.01. The van der Waals surface area contributed by atoms with Crippen LogP contribution in [0.25, 0.3) is 0 Å². The third kappa shape index (κ3) is 3.88. The number of nitrogens with zero attached hydrogens (tertiary/aromatic N) is 2. The predicted molar refractivity (Wildman–Crippen MR) is 63.8 cm³/mol. The lowest BCUT2D eigenvalue weighted by molar-refractivity contribution is 0.592. The normalized spacial score (nSPS) is 10.4. The minimum Gasteiger partial charge on any atom is -0.308 e. The zero-order valence-electron chi connectivity index (χ0n) is 10.2. The van der Waals surface area contributed by atoms with Crippen LogP contribution in [0.2, 0.25) is 0 Å². The average molecular weight is 207 g/mol. The third-order valence-electron chi connectivity index (χ3n) is 2.25. The number of hydrogen-bond donors (Lipinski definition) is 1. The van der Waals surface area contributed by atoms with Crippen molar-refractivity contribution in [1.29, 1.82) is 0 Å². The molecule has 0 fully saturated rings. The molecule has 0 saturated heterocycles. The first-order valence-corrected chi connectivity index (χ1v) is 5.51. The van der Waals surface area contributed by atoms with Crippen LogP contribution in [0.1, 0.15) is 32.2 Å². The molecule has 0 bridgehead atoms. The van der Waals surface area contributed by atoms with Gasteiger partial charge in [-0.2, -0.15) is 5.10 Å². The molecule has 1 aromatic heterocycles. The van der Waals surface area contributed by atoms with Crippen molar-refractivity contribution in [3.8, 4) is 0 Å². The molecule has 0 saturated carbocycles. The van der Waals surface area contributed by atoms with Crippen LogP contribution in [0.4, 0.5) is 0 Å². The monoisotopic (exact) mass is 207 g/mol. The molecular weight excluding hydrogens is 186 g/mol. The summed E-state index contributed by atoms with van der Waals surface area (Å²) >= 11 is 0. The van der Waals surface area contributed by atoms with Crippen molar-refractivity contribution >= 4 is 0 Å². The maximum absolute atomic E-state index is 4.40. The quantitative estimate of drug-likeness (QED) is 0.593. The van der Waals surface area contributed by atoms with Crippen molar-refractivity contribution < 1.29 is 0 Å². The maximum atomic E-state index is 4.40. The summed E-state index contributed by atoms with van der Waals surface area (Å²) in [5.74, 6) is 0. The second-order valence-electron chi connectivity index (χ2n) is 4.01. The minimum atomic E-state index is 0.887. The van der Waals surface area contributed by atoms with Crippen LogP contribution in [0.5, 0.6) is 0 Å². The van der Waals surface area contributed by atoms with Gasteiger partial charge in [0.2, 0.25) is 0 Å². The first kappa shape index (κ1) is 12.0. The lowest BCUT2D eigenvalue weighted by Crippen LogP contribution is -2.16. The van der Waals surface area contributed by atoms with E-state index in [0.717, 1.165) is 25.3 Å². The van der Waals surface area contributed by atoms with E-state index in [9.17, 15) is 0 Å². The maximum Gasteiger partial charge on any atom is 0.0597 e. The molecule has 0 aliphatic heterocycles. The summed E-state index contributed by atoms with van der Waals surface area (Å²) in [4.78, 5) is 0. The van der Waals surface area contributed by atoms with Gasteiger partial charge in [-0.05, 0) is 33.8 Å². The summed E-state index contributed by atoms with van der Waals surface area (Å²) in [7, 11) is 0. The Labute approximate surface area is 92.2 Å². The number of allylic oxidation sites excluding steroid dienone is 1. The summed E-state index contributed by atoms with van der Waals surface area (Å²) in [6.45, 7) is 11.1. The number of aromatic nitrogens is 2. The summed E-state index contributed by atoms with van der Waals surface area (Å²) in [6.07, 6.45) is 2.19. The molecule has 0 radical (unpaired) electrons. The van der Waals surface area contributed by atoms with Gasteiger partial charge < -0.3 is 5.32 Å². The molecule has 0 unspecified atom stereocenters. The zero-order valence-corrected chi connectivity index (χ0v) is 10.2. The molecule has 0 atom stereocenters. The van der Waals surface area contributed by atoms with Crippen LogP contribution in [0.15, 0.2) is 17.7 Å². The molecule has 0 aromatic carbocycles. The summed E-state index contributed by atoms with van der Waals surface area (Å²) in [5, 5.41) is 7.79. The van der Waals surface area contributed by atoms with E-state index in [1.54, 1.807) is 0 Å². The van der Waals surface area contributed by atoms with E-state index >= 15 is 0 Å². The summed E-state index contributed by atoms with van der Waals surface area (Å²) in [5.41, 5.74) is 3.70. The van der Waals surface area contributed by atoms with Crippen LogP contribution in [0, 0.1) is 6.92 Å². The molecule has 15 heavy (non-hydrogen) atoms. The molecule has 0 spiro atoms. The van der Waals surface area contributed by atoms with Gasteiger partial charge in [0.25, 0.3) is 0 Å². The summed E-state index contributed by atoms with van der Waals surface area (Å²) < 4.78 is 2.05. The van der Waals surface area contributed by atoms with Gasteiger partial charge in [-0.15, -0.1) is 0 Å². The van der Waals surface area contributed by atoms with Crippen molar-refractivity contribution in [2.75, 3.05) is 6.54 Å². The lowest BCUT2D eigenvalue weighted by Gasteiger charge is -2.04. The zero-order chi connectivity index (χ0) is 11.3. The Morgan fingerprint density at radius 1 is 1.53 bits per heavy atom. The average Bonchev–Trinajstić information content (AvgIpc) is 2.53. The molecule has 1 aromatic rings. The molecule has 1 rings (SSSR count). The van der Waals surface area contributed by atoms with Crippen molar-refractivity contribution in [2.24, 2.45) is 0 Å². The van der Waals surface area contributed by atoms with E-state index in [0.29, 0.717) is 0 Å². The topological polar surface area (TPSA) is 29.9 Å². The SMILES string of the molecule is CCn1nc(C)cc1CNCC=C(C)C. The number of aryl methyl sites for hydroxylation is 2. The van der Waals surface area contributed by atoms with Crippen LogP contribution in [-0.4, -0.2) is 16.3 Å². The van der Waals surface area contributed by atoms with Crippen molar-refractivity contribution in [2.45, 2.75) is 40.8 Å². The minimum absolute atomic E-state index is 0.887. The van der Waals surface area contributed by atoms with Gasteiger partial charge in [-0.3, -0.25) is 4.68 Å². The van der Waals surface area contributed by atoms with Crippen LogP contribution >= 0.6 is 0 Å². The molecule has 1 heterocycles. The van der Waals surface area contributed by atoms with Gasteiger partial charge in [-0.1, -0.05) is 11.6 Å². The molecule has 0 aliphatic carbocycles. The third-order valence-corrected chi connectivity index (χ3v) is 2.25. The van der Waals surface area contributed by atoms with Gasteiger partial charge in [0.05, 0.1) is 11.4 Å². The molecular formula is C12H21N3. The summed E-state index contributed by atoms with van der Waals surface area (Å²) in [6, 6.07) is 2.14. The molecule has 3 nitrogen and oxygen atoms in total. The fraction of sp³-hybridized carbons (Fsp3) is 0.583. The molecule has 1 N–H and O–H groups in total. The van der Waals surface area contributed by atoms with E-state index in [1.807, 2.05) is 11.6 Å². The van der Waals surface area contributed by atoms with Crippen molar-refractivity contribution in [1.82, 2.24) is 15.1 Å². The first-order valence-electron chi connectivity index (χ1n) is 5.51. The van der Waals surface area contributed by atoms with E-state index in [1.165, 1.54) is 11.3 Å². The van der Waals surface area contributed by atoms with Crippen molar-refractivity contribution in [3.63, 3.8) is 0 Å². The fourth-order valence-electron chi connectivity index (χ4n) is 1.49. The highest BCUT2D eigenvalue weighted by atomic mass is 15.3. The Bertz CT molecular complexity index is 333. The smallest absolute Gasteiger partial charge is 0.0597 e. The first-order chi connectivity index (χ1) is 7.13. The fourth-order valence-corrected chi connectivity index (χ4v) is 1.49. The second-order valence-corrected chi connectivity index (χ2v) is 4.01. The highest BCUT2D eigenvalue weighted by Crippen LogP contribution is 2.03. The molecule has 84 valence electrons. The van der Waals surface area contributed by atoms with Crippen LogP contribution in [0.3, 0.4) is 0 Å². The Balaban J connectivity index is 2.46. The van der Waals surface area contributed by atoms with Gasteiger partial charge >= 0.3 is 0 Å². The molecule has 3 heteroatoms. The van der Waals surface area contributed by atoms with E-state index < -0.39 is 0 Å². The van der Waals surface area contributed by atoms with Crippen LogP contribution in [-0.2, 0) is 13.1 Å². The second kappa shape index (κ2) is 5.71. The van der Waals surface area contributed by atoms with Gasteiger partial charge in [0.15, 0.2) is 0 Å². The Morgan fingerprint density at radius 2 is 2.27 bits per heavy atom. The van der Waals surface area contributed by atoms with E-state index in [4.69, 9.17) is 0 Å². The van der Waals surface area contributed by atoms with Gasteiger partial charge in [0.1, 0.15) is 0 Å². The Hall–Kier alpha value is -1.09.